The van der Waals surface area contributed by atoms with E-state index in [-0.39, 0.29) is 0 Å². The highest BCUT2D eigenvalue weighted by atomic mass is 16.5. The molecule has 2 aromatic carbocycles. The Morgan fingerprint density at radius 2 is 1.59 bits per heavy atom. The topological polar surface area (TPSA) is 35.2 Å². The molecular formula is C15H17NO. The van der Waals surface area contributed by atoms with Gasteiger partial charge >= 0.3 is 0 Å². The van der Waals surface area contributed by atoms with Gasteiger partial charge < -0.3 is 10.5 Å². The van der Waals surface area contributed by atoms with Crippen LogP contribution >= 0.6 is 0 Å². The molecule has 2 rings (SSSR count). The van der Waals surface area contributed by atoms with Crippen LogP contribution in [-0.2, 0) is 0 Å². The van der Waals surface area contributed by atoms with Crippen LogP contribution in [0.5, 0.6) is 5.75 Å². The van der Waals surface area contributed by atoms with Crippen LogP contribution in [0.1, 0.15) is 6.42 Å². The summed E-state index contributed by atoms with van der Waals surface area (Å²) in [7, 11) is 0. The highest BCUT2D eigenvalue weighted by Gasteiger charge is 2.04. The molecule has 0 aromatic heterocycles. The summed E-state index contributed by atoms with van der Waals surface area (Å²) in [4.78, 5) is 0. The van der Waals surface area contributed by atoms with E-state index in [2.05, 4.69) is 18.2 Å². The molecule has 0 fully saturated rings. The molecule has 0 saturated heterocycles. The van der Waals surface area contributed by atoms with Crippen LogP contribution in [0, 0.1) is 0 Å². The second kappa shape index (κ2) is 6.06. The highest BCUT2D eigenvalue weighted by Crippen LogP contribution is 2.29. The van der Waals surface area contributed by atoms with Crippen molar-refractivity contribution in [3.63, 3.8) is 0 Å². The molecule has 0 heterocycles. The Kier molecular flexibility index (Phi) is 4.17. The number of para-hydroxylation sites is 1. The summed E-state index contributed by atoms with van der Waals surface area (Å²) < 4.78 is 5.75. The summed E-state index contributed by atoms with van der Waals surface area (Å²) >= 11 is 0. The van der Waals surface area contributed by atoms with E-state index in [0.717, 1.165) is 17.7 Å². The average molecular weight is 227 g/mol. The van der Waals surface area contributed by atoms with Crippen molar-refractivity contribution in [2.75, 3.05) is 13.2 Å². The van der Waals surface area contributed by atoms with Gasteiger partial charge in [0.25, 0.3) is 0 Å². The number of benzene rings is 2. The van der Waals surface area contributed by atoms with E-state index in [9.17, 15) is 0 Å². The molecule has 2 N–H and O–H groups in total. The largest absolute Gasteiger partial charge is 0.493 e. The van der Waals surface area contributed by atoms with Gasteiger partial charge in [0.2, 0.25) is 0 Å². The lowest BCUT2D eigenvalue weighted by Crippen LogP contribution is -2.06. The molecule has 17 heavy (non-hydrogen) atoms. The van der Waals surface area contributed by atoms with E-state index in [1.165, 1.54) is 5.56 Å². The van der Waals surface area contributed by atoms with E-state index in [0.29, 0.717) is 13.2 Å². The van der Waals surface area contributed by atoms with Crippen LogP contribution in [0.2, 0.25) is 0 Å². The normalized spacial score (nSPS) is 10.2. The molecule has 0 saturated carbocycles. The molecule has 0 spiro atoms. The summed E-state index contributed by atoms with van der Waals surface area (Å²) in [6, 6.07) is 18.4. The number of hydrogen-bond donors (Lipinski definition) is 1. The minimum absolute atomic E-state index is 0.660. The standard InChI is InChI=1S/C15H17NO/c16-11-6-12-17-15-10-5-4-9-14(15)13-7-2-1-3-8-13/h1-5,7-10H,6,11-12,16H2. The van der Waals surface area contributed by atoms with Crippen molar-refractivity contribution >= 4 is 0 Å². The average Bonchev–Trinajstić information content (AvgIpc) is 2.41. The lowest BCUT2D eigenvalue weighted by Gasteiger charge is -2.11. The van der Waals surface area contributed by atoms with E-state index in [4.69, 9.17) is 10.5 Å². The first-order valence-electron chi connectivity index (χ1n) is 5.89. The van der Waals surface area contributed by atoms with Gasteiger partial charge in [-0.1, -0.05) is 48.5 Å². The lowest BCUT2D eigenvalue weighted by atomic mass is 10.1. The van der Waals surface area contributed by atoms with Crippen LogP contribution in [-0.4, -0.2) is 13.2 Å². The van der Waals surface area contributed by atoms with Gasteiger partial charge in [-0.25, -0.2) is 0 Å². The number of rotatable bonds is 5. The quantitative estimate of drug-likeness (QED) is 0.797. The number of nitrogens with two attached hydrogens (primary N) is 1. The van der Waals surface area contributed by atoms with Crippen molar-refractivity contribution in [3.8, 4) is 16.9 Å². The Bertz CT molecular complexity index is 453. The van der Waals surface area contributed by atoms with Gasteiger partial charge in [-0.3, -0.25) is 0 Å². The zero-order valence-corrected chi connectivity index (χ0v) is 9.80. The third-order valence-electron chi connectivity index (χ3n) is 2.58. The van der Waals surface area contributed by atoms with Crippen molar-refractivity contribution in [1.29, 1.82) is 0 Å². The fourth-order valence-electron chi connectivity index (χ4n) is 1.71. The fraction of sp³-hybridized carbons (Fsp3) is 0.200. The molecule has 88 valence electrons. The molecule has 0 aliphatic carbocycles. The van der Waals surface area contributed by atoms with Crippen LogP contribution in [0.15, 0.2) is 54.6 Å². The van der Waals surface area contributed by atoms with Crippen LogP contribution in [0.3, 0.4) is 0 Å². The van der Waals surface area contributed by atoms with Crippen molar-refractivity contribution in [1.82, 2.24) is 0 Å². The highest BCUT2D eigenvalue weighted by molar-refractivity contribution is 5.70. The van der Waals surface area contributed by atoms with Gasteiger partial charge in [0.15, 0.2) is 0 Å². The monoisotopic (exact) mass is 227 g/mol. The maximum absolute atomic E-state index is 5.75. The molecule has 0 bridgehead atoms. The van der Waals surface area contributed by atoms with Gasteiger partial charge in [-0.05, 0) is 24.6 Å². The molecule has 0 aliphatic rings. The van der Waals surface area contributed by atoms with Crippen LogP contribution in [0.25, 0.3) is 11.1 Å². The van der Waals surface area contributed by atoms with Crippen molar-refractivity contribution < 1.29 is 4.74 Å². The van der Waals surface area contributed by atoms with E-state index < -0.39 is 0 Å². The summed E-state index contributed by atoms with van der Waals surface area (Å²) in [6.07, 6.45) is 0.878. The van der Waals surface area contributed by atoms with Gasteiger partial charge in [-0.2, -0.15) is 0 Å². The maximum atomic E-state index is 5.75. The Labute approximate surface area is 102 Å². The summed E-state index contributed by atoms with van der Waals surface area (Å²) in [6.45, 7) is 1.33. The van der Waals surface area contributed by atoms with E-state index in [1.807, 2.05) is 36.4 Å². The molecule has 0 radical (unpaired) electrons. The van der Waals surface area contributed by atoms with Gasteiger partial charge in [-0.15, -0.1) is 0 Å². The molecule has 2 nitrogen and oxygen atoms in total. The minimum Gasteiger partial charge on any atom is -0.493 e. The third-order valence-corrected chi connectivity index (χ3v) is 2.58. The first-order chi connectivity index (χ1) is 8.42. The maximum Gasteiger partial charge on any atom is 0.127 e. The van der Waals surface area contributed by atoms with Gasteiger partial charge in [0.05, 0.1) is 6.61 Å². The Morgan fingerprint density at radius 3 is 2.35 bits per heavy atom. The zero-order valence-electron chi connectivity index (χ0n) is 9.80. The van der Waals surface area contributed by atoms with Gasteiger partial charge in [0.1, 0.15) is 5.75 Å². The Hall–Kier alpha value is -1.80. The van der Waals surface area contributed by atoms with E-state index >= 15 is 0 Å². The second-order valence-corrected chi connectivity index (χ2v) is 3.85. The predicted molar refractivity (Wildman–Crippen MR) is 71.0 cm³/mol. The Morgan fingerprint density at radius 1 is 0.882 bits per heavy atom. The van der Waals surface area contributed by atoms with Crippen molar-refractivity contribution in [2.45, 2.75) is 6.42 Å². The predicted octanol–water partition coefficient (Wildman–Crippen LogP) is 3.08. The first-order valence-corrected chi connectivity index (χ1v) is 5.89. The molecule has 0 aliphatic heterocycles. The van der Waals surface area contributed by atoms with Crippen molar-refractivity contribution in [2.24, 2.45) is 5.73 Å². The fourth-order valence-corrected chi connectivity index (χ4v) is 1.71. The van der Waals surface area contributed by atoms with Crippen molar-refractivity contribution in [3.05, 3.63) is 54.6 Å². The van der Waals surface area contributed by atoms with Crippen LogP contribution in [0.4, 0.5) is 0 Å². The molecule has 0 amide bonds. The molecule has 2 heteroatoms. The summed E-state index contributed by atoms with van der Waals surface area (Å²) in [5.74, 6) is 0.923. The second-order valence-electron chi connectivity index (χ2n) is 3.85. The molecule has 0 atom stereocenters. The smallest absolute Gasteiger partial charge is 0.127 e. The summed E-state index contributed by atoms with van der Waals surface area (Å²) in [5, 5.41) is 0. The van der Waals surface area contributed by atoms with Gasteiger partial charge in [0, 0.05) is 5.56 Å². The molecule has 2 aromatic rings. The number of hydrogen-bond acceptors (Lipinski definition) is 2. The molecule has 0 unspecified atom stereocenters. The van der Waals surface area contributed by atoms with E-state index in [1.54, 1.807) is 0 Å². The first kappa shape index (κ1) is 11.7. The Balaban J connectivity index is 2.22. The lowest BCUT2D eigenvalue weighted by molar-refractivity contribution is 0.314. The third kappa shape index (κ3) is 3.08. The zero-order chi connectivity index (χ0) is 11.9. The summed E-state index contributed by atoms with van der Waals surface area (Å²) in [5.41, 5.74) is 7.77. The minimum atomic E-state index is 0.660. The molecular weight excluding hydrogens is 210 g/mol. The number of ether oxygens (including phenoxy) is 1. The SMILES string of the molecule is NCCCOc1ccccc1-c1ccccc1. The van der Waals surface area contributed by atoms with Crippen LogP contribution < -0.4 is 10.5 Å².